The van der Waals surface area contributed by atoms with Crippen LogP contribution in [-0.4, -0.2) is 18.4 Å². The zero-order valence-corrected chi connectivity index (χ0v) is 8.75. The van der Waals surface area contributed by atoms with Crippen LogP contribution in [0.5, 0.6) is 0 Å². The van der Waals surface area contributed by atoms with Crippen LogP contribution < -0.4 is 0 Å². The zero-order valence-electron chi connectivity index (χ0n) is 8.75. The summed E-state index contributed by atoms with van der Waals surface area (Å²) >= 11 is 0. The van der Waals surface area contributed by atoms with E-state index in [-0.39, 0.29) is 11.9 Å². The largest absolute Gasteiger partial charge is 0.466 e. The number of hydrogen-bond acceptors (Lipinski definition) is 3. The molecule has 0 aromatic carbocycles. The first-order chi connectivity index (χ1) is 6.74. The molecule has 3 nitrogen and oxygen atoms in total. The van der Waals surface area contributed by atoms with Crippen molar-refractivity contribution in [3.05, 3.63) is 0 Å². The van der Waals surface area contributed by atoms with E-state index in [1.807, 2.05) is 0 Å². The summed E-state index contributed by atoms with van der Waals surface area (Å²) < 4.78 is 4.81. The Kier molecular flexibility index (Phi) is 4.63. The molecule has 1 aliphatic carbocycles. The Morgan fingerprint density at radius 2 is 2.36 bits per heavy atom. The second-order valence-corrected chi connectivity index (χ2v) is 3.75. The summed E-state index contributed by atoms with van der Waals surface area (Å²) in [6, 6.07) is 0. The van der Waals surface area contributed by atoms with Gasteiger partial charge in [0.2, 0.25) is 0 Å². The van der Waals surface area contributed by atoms with Crippen LogP contribution in [0.3, 0.4) is 0 Å². The molecule has 1 fully saturated rings. The van der Waals surface area contributed by atoms with E-state index >= 15 is 0 Å². The first-order valence-corrected chi connectivity index (χ1v) is 5.42. The van der Waals surface area contributed by atoms with Gasteiger partial charge >= 0.3 is 5.97 Å². The molecule has 0 bridgehead atoms. The number of carbonyl (C=O) groups excluding carboxylic acids is 2. The topological polar surface area (TPSA) is 43.4 Å². The Morgan fingerprint density at radius 3 is 2.93 bits per heavy atom. The highest BCUT2D eigenvalue weighted by Crippen LogP contribution is 2.25. The number of ether oxygens (including phenoxy) is 1. The molecular formula is C11H18O3. The molecule has 1 unspecified atom stereocenters. The van der Waals surface area contributed by atoms with Crippen LogP contribution in [0.4, 0.5) is 0 Å². The Bertz CT molecular complexity index is 211. The fraction of sp³-hybridized carbons (Fsp3) is 0.818. The quantitative estimate of drug-likeness (QED) is 0.635. The molecule has 0 spiro atoms. The molecule has 0 aromatic rings. The molecule has 0 radical (unpaired) electrons. The molecule has 1 aliphatic rings. The molecule has 3 heteroatoms. The van der Waals surface area contributed by atoms with Crippen LogP contribution in [0.25, 0.3) is 0 Å². The molecular weight excluding hydrogens is 180 g/mol. The van der Waals surface area contributed by atoms with Gasteiger partial charge in [-0.2, -0.15) is 0 Å². The number of Topliss-reactive ketones (excluding diaryl/α,β-unsaturated/α-hetero) is 1. The smallest absolute Gasteiger partial charge is 0.305 e. The minimum absolute atomic E-state index is 0.141. The van der Waals surface area contributed by atoms with E-state index < -0.39 is 0 Å². The van der Waals surface area contributed by atoms with E-state index in [4.69, 9.17) is 4.74 Å². The van der Waals surface area contributed by atoms with Crippen LogP contribution in [-0.2, 0) is 14.3 Å². The molecule has 0 aromatic heterocycles. The summed E-state index contributed by atoms with van der Waals surface area (Å²) in [5, 5.41) is 0. The molecule has 0 amide bonds. The predicted octanol–water partition coefficient (Wildman–Crippen LogP) is 2.09. The lowest BCUT2D eigenvalue weighted by Gasteiger charge is -2.06. The van der Waals surface area contributed by atoms with E-state index in [0.717, 1.165) is 32.1 Å². The van der Waals surface area contributed by atoms with Gasteiger partial charge in [-0.3, -0.25) is 9.59 Å². The SMILES string of the molecule is CCOC(=O)CCCC1CCCC1=O. The van der Waals surface area contributed by atoms with Gasteiger partial charge in [0.15, 0.2) is 0 Å². The van der Waals surface area contributed by atoms with Gasteiger partial charge in [-0.05, 0) is 32.6 Å². The van der Waals surface area contributed by atoms with Gasteiger partial charge in [0.05, 0.1) is 6.61 Å². The average Bonchev–Trinajstić information content (AvgIpc) is 2.52. The zero-order chi connectivity index (χ0) is 10.4. The van der Waals surface area contributed by atoms with E-state index in [2.05, 4.69) is 0 Å². The second-order valence-electron chi connectivity index (χ2n) is 3.75. The van der Waals surface area contributed by atoms with Crippen molar-refractivity contribution in [3.63, 3.8) is 0 Å². The highest BCUT2D eigenvalue weighted by molar-refractivity contribution is 5.82. The standard InChI is InChI=1S/C11H18O3/c1-2-14-11(13)8-4-6-9-5-3-7-10(9)12/h9H,2-8H2,1H3. The van der Waals surface area contributed by atoms with Gasteiger partial charge in [0, 0.05) is 18.8 Å². The van der Waals surface area contributed by atoms with Crippen LogP contribution in [0.2, 0.25) is 0 Å². The minimum Gasteiger partial charge on any atom is -0.466 e. The van der Waals surface area contributed by atoms with Gasteiger partial charge in [-0.15, -0.1) is 0 Å². The van der Waals surface area contributed by atoms with Crippen LogP contribution >= 0.6 is 0 Å². The van der Waals surface area contributed by atoms with Crippen molar-refractivity contribution in [2.24, 2.45) is 5.92 Å². The van der Waals surface area contributed by atoms with E-state index in [9.17, 15) is 9.59 Å². The lowest BCUT2D eigenvalue weighted by molar-refractivity contribution is -0.143. The van der Waals surface area contributed by atoms with Crippen molar-refractivity contribution >= 4 is 11.8 Å². The summed E-state index contributed by atoms with van der Waals surface area (Å²) in [5.41, 5.74) is 0. The Morgan fingerprint density at radius 1 is 1.57 bits per heavy atom. The third-order valence-electron chi connectivity index (χ3n) is 2.67. The van der Waals surface area contributed by atoms with Crippen molar-refractivity contribution in [2.45, 2.75) is 45.4 Å². The monoisotopic (exact) mass is 198 g/mol. The first-order valence-electron chi connectivity index (χ1n) is 5.42. The van der Waals surface area contributed by atoms with Gasteiger partial charge in [0.25, 0.3) is 0 Å². The molecule has 0 N–H and O–H groups in total. The molecule has 1 rings (SSSR count). The second kappa shape index (κ2) is 5.78. The molecule has 0 aliphatic heterocycles. The maximum Gasteiger partial charge on any atom is 0.305 e. The molecule has 14 heavy (non-hydrogen) atoms. The summed E-state index contributed by atoms with van der Waals surface area (Å²) in [7, 11) is 0. The van der Waals surface area contributed by atoms with Gasteiger partial charge in [-0.25, -0.2) is 0 Å². The number of carbonyl (C=O) groups is 2. The third-order valence-corrected chi connectivity index (χ3v) is 2.67. The third kappa shape index (κ3) is 3.48. The Labute approximate surface area is 84.8 Å². The maximum atomic E-state index is 11.3. The highest BCUT2D eigenvalue weighted by atomic mass is 16.5. The summed E-state index contributed by atoms with van der Waals surface area (Å²) in [5.74, 6) is 0.469. The van der Waals surface area contributed by atoms with Crippen molar-refractivity contribution in [3.8, 4) is 0 Å². The van der Waals surface area contributed by atoms with Crippen LogP contribution in [0.15, 0.2) is 0 Å². The summed E-state index contributed by atoms with van der Waals surface area (Å²) in [6.07, 6.45) is 4.89. The molecule has 80 valence electrons. The predicted molar refractivity (Wildman–Crippen MR) is 52.8 cm³/mol. The van der Waals surface area contributed by atoms with Crippen LogP contribution in [0, 0.1) is 5.92 Å². The van der Waals surface area contributed by atoms with Crippen molar-refractivity contribution < 1.29 is 14.3 Å². The van der Waals surface area contributed by atoms with E-state index in [1.165, 1.54) is 0 Å². The fourth-order valence-corrected chi connectivity index (χ4v) is 1.92. The van der Waals surface area contributed by atoms with E-state index in [1.54, 1.807) is 6.92 Å². The highest BCUT2D eigenvalue weighted by Gasteiger charge is 2.23. The molecule has 0 heterocycles. The molecule has 1 atom stereocenters. The Hall–Kier alpha value is -0.860. The van der Waals surface area contributed by atoms with Crippen LogP contribution in [0.1, 0.15) is 45.4 Å². The van der Waals surface area contributed by atoms with E-state index in [0.29, 0.717) is 18.8 Å². The van der Waals surface area contributed by atoms with Gasteiger partial charge < -0.3 is 4.74 Å². The van der Waals surface area contributed by atoms with Crippen molar-refractivity contribution in [1.82, 2.24) is 0 Å². The lowest BCUT2D eigenvalue weighted by atomic mass is 10.00. The first kappa shape index (κ1) is 11.2. The van der Waals surface area contributed by atoms with Gasteiger partial charge in [0.1, 0.15) is 5.78 Å². The Balaban J connectivity index is 2.08. The lowest BCUT2D eigenvalue weighted by Crippen LogP contribution is -2.08. The minimum atomic E-state index is -0.141. The van der Waals surface area contributed by atoms with Gasteiger partial charge in [-0.1, -0.05) is 0 Å². The summed E-state index contributed by atoms with van der Waals surface area (Å²) in [6.45, 7) is 2.25. The van der Waals surface area contributed by atoms with Crippen molar-refractivity contribution in [1.29, 1.82) is 0 Å². The van der Waals surface area contributed by atoms with Crippen molar-refractivity contribution in [2.75, 3.05) is 6.61 Å². The number of rotatable bonds is 5. The average molecular weight is 198 g/mol. The fourth-order valence-electron chi connectivity index (χ4n) is 1.92. The normalized spacial score (nSPS) is 21.2. The molecule has 1 saturated carbocycles. The molecule has 0 saturated heterocycles. The maximum absolute atomic E-state index is 11.3. The number of ketones is 1. The summed E-state index contributed by atoms with van der Waals surface area (Å²) in [4.78, 5) is 22.3. The number of esters is 1. The number of hydrogen-bond donors (Lipinski definition) is 0.